The average Bonchev–Trinajstić information content (AvgIpc) is 2.62. The molecule has 1 heteroatoms. The van der Waals surface area contributed by atoms with Crippen molar-refractivity contribution in [1.29, 1.82) is 0 Å². The minimum absolute atomic E-state index is 0.282. The molecule has 0 saturated heterocycles. The maximum atomic E-state index is 6.35. The van der Waals surface area contributed by atoms with Crippen molar-refractivity contribution in [1.82, 2.24) is 0 Å². The molecule has 1 atom stereocenters. The van der Waals surface area contributed by atoms with Gasteiger partial charge in [-0.2, -0.15) is 0 Å². The average molecular weight is 207 g/mol. The molecule has 2 aliphatic rings. The molecule has 0 amide bonds. The van der Waals surface area contributed by atoms with E-state index in [1.807, 2.05) is 0 Å². The molecular formula is C13H15Cl. The van der Waals surface area contributed by atoms with Crippen molar-refractivity contribution in [3.8, 4) is 0 Å². The van der Waals surface area contributed by atoms with Crippen LogP contribution in [0.5, 0.6) is 0 Å². The fraction of sp³-hybridized carbons (Fsp3) is 0.538. The highest BCUT2D eigenvalue weighted by molar-refractivity contribution is 6.21. The molecule has 3 rings (SSSR count). The van der Waals surface area contributed by atoms with Gasteiger partial charge >= 0.3 is 0 Å². The molecule has 1 unspecified atom stereocenters. The van der Waals surface area contributed by atoms with Crippen LogP contribution in [0.4, 0.5) is 0 Å². The van der Waals surface area contributed by atoms with Crippen molar-refractivity contribution in [2.24, 2.45) is 0 Å². The van der Waals surface area contributed by atoms with Crippen molar-refractivity contribution in [3.05, 3.63) is 34.4 Å². The highest BCUT2D eigenvalue weighted by atomic mass is 35.5. The maximum Gasteiger partial charge on any atom is 0.0588 e. The topological polar surface area (TPSA) is 0 Å². The number of fused-ring (bicyclic) bond motifs is 2. The van der Waals surface area contributed by atoms with Crippen LogP contribution in [0.2, 0.25) is 0 Å². The Morgan fingerprint density at radius 1 is 0.929 bits per heavy atom. The monoisotopic (exact) mass is 206 g/mol. The SMILES string of the molecule is ClC1CCCc2cc3c(cc21)CCC3. The van der Waals surface area contributed by atoms with Gasteiger partial charge in [0.15, 0.2) is 0 Å². The smallest absolute Gasteiger partial charge is 0.0588 e. The van der Waals surface area contributed by atoms with Crippen molar-refractivity contribution in [2.45, 2.75) is 43.9 Å². The second kappa shape index (κ2) is 3.27. The number of benzene rings is 1. The van der Waals surface area contributed by atoms with Gasteiger partial charge in [-0.3, -0.25) is 0 Å². The van der Waals surface area contributed by atoms with E-state index in [0.29, 0.717) is 0 Å². The highest BCUT2D eigenvalue weighted by Gasteiger charge is 2.21. The van der Waals surface area contributed by atoms with E-state index in [1.165, 1.54) is 43.2 Å². The van der Waals surface area contributed by atoms with Crippen LogP contribution >= 0.6 is 11.6 Å². The zero-order valence-corrected chi connectivity index (χ0v) is 9.11. The number of rotatable bonds is 0. The van der Waals surface area contributed by atoms with E-state index in [0.717, 1.165) is 6.42 Å². The first-order valence-electron chi connectivity index (χ1n) is 5.63. The summed E-state index contributed by atoms with van der Waals surface area (Å²) in [6, 6.07) is 4.81. The fourth-order valence-corrected chi connectivity index (χ4v) is 3.19. The molecule has 0 spiro atoms. The van der Waals surface area contributed by atoms with E-state index >= 15 is 0 Å². The van der Waals surface area contributed by atoms with Gasteiger partial charge in [0.25, 0.3) is 0 Å². The van der Waals surface area contributed by atoms with Gasteiger partial charge in [0.1, 0.15) is 0 Å². The molecule has 0 saturated carbocycles. The van der Waals surface area contributed by atoms with Gasteiger partial charge in [0, 0.05) is 0 Å². The van der Waals surface area contributed by atoms with Gasteiger partial charge in [-0.25, -0.2) is 0 Å². The van der Waals surface area contributed by atoms with Crippen molar-refractivity contribution < 1.29 is 0 Å². The van der Waals surface area contributed by atoms with E-state index in [9.17, 15) is 0 Å². The molecule has 0 nitrogen and oxygen atoms in total. The summed E-state index contributed by atoms with van der Waals surface area (Å²) in [6.07, 6.45) is 7.56. The molecule has 0 N–H and O–H groups in total. The number of hydrogen-bond acceptors (Lipinski definition) is 0. The standard InChI is InChI=1S/C13H15Cl/c14-13-6-2-5-11-7-9-3-1-4-10(9)8-12(11)13/h7-8,13H,1-6H2. The summed E-state index contributed by atoms with van der Waals surface area (Å²) in [7, 11) is 0. The van der Waals surface area contributed by atoms with E-state index in [2.05, 4.69) is 12.1 Å². The molecule has 0 bridgehead atoms. The number of aryl methyl sites for hydroxylation is 3. The van der Waals surface area contributed by atoms with Crippen LogP contribution in [0.15, 0.2) is 12.1 Å². The predicted octanol–water partition coefficient (Wildman–Crippen LogP) is 3.79. The second-order valence-corrected chi connectivity index (χ2v) is 5.06. The maximum absolute atomic E-state index is 6.35. The van der Waals surface area contributed by atoms with Crippen LogP contribution in [0.3, 0.4) is 0 Å². The van der Waals surface area contributed by atoms with Gasteiger partial charge in [-0.1, -0.05) is 12.1 Å². The lowest BCUT2D eigenvalue weighted by Crippen LogP contribution is -2.06. The lowest BCUT2D eigenvalue weighted by molar-refractivity contribution is 0.666. The molecule has 1 aromatic rings. The van der Waals surface area contributed by atoms with Crippen LogP contribution in [-0.4, -0.2) is 0 Å². The first-order chi connectivity index (χ1) is 6.84. The van der Waals surface area contributed by atoms with Crippen molar-refractivity contribution in [3.63, 3.8) is 0 Å². The van der Waals surface area contributed by atoms with Gasteiger partial charge in [0.05, 0.1) is 5.38 Å². The molecule has 14 heavy (non-hydrogen) atoms. The Bertz CT molecular complexity index is 368. The van der Waals surface area contributed by atoms with Gasteiger partial charge in [0.2, 0.25) is 0 Å². The van der Waals surface area contributed by atoms with Gasteiger partial charge < -0.3 is 0 Å². The lowest BCUT2D eigenvalue weighted by atomic mass is 9.88. The summed E-state index contributed by atoms with van der Waals surface area (Å²) < 4.78 is 0. The van der Waals surface area contributed by atoms with E-state index in [-0.39, 0.29) is 5.38 Å². The summed E-state index contributed by atoms with van der Waals surface area (Å²) in [4.78, 5) is 0. The van der Waals surface area contributed by atoms with Crippen LogP contribution in [0, 0.1) is 0 Å². The summed E-state index contributed by atoms with van der Waals surface area (Å²) >= 11 is 6.35. The molecular weight excluding hydrogens is 192 g/mol. The summed E-state index contributed by atoms with van der Waals surface area (Å²) in [5.74, 6) is 0. The van der Waals surface area contributed by atoms with E-state index in [4.69, 9.17) is 11.6 Å². The van der Waals surface area contributed by atoms with E-state index in [1.54, 1.807) is 11.1 Å². The molecule has 0 radical (unpaired) electrons. The summed E-state index contributed by atoms with van der Waals surface area (Å²) in [5, 5.41) is 0.282. The Morgan fingerprint density at radius 3 is 2.50 bits per heavy atom. The highest BCUT2D eigenvalue weighted by Crippen LogP contribution is 2.37. The second-order valence-electron chi connectivity index (χ2n) is 4.53. The van der Waals surface area contributed by atoms with Crippen LogP contribution < -0.4 is 0 Å². The Labute approximate surface area is 90.3 Å². The molecule has 74 valence electrons. The van der Waals surface area contributed by atoms with Crippen LogP contribution in [0.1, 0.15) is 46.9 Å². The molecule has 0 aliphatic heterocycles. The van der Waals surface area contributed by atoms with Crippen LogP contribution in [-0.2, 0) is 19.3 Å². The molecule has 2 aliphatic carbocycles. The summed E-state index contributed by atoms with van der Waals surface area (Å²) in [6.45, 7) is 0. The Kier molecular flexibility index (Phi) is 2.05. The Balaban J connectivity index is 2.12. The van der Waals surface area contributed by atoms with Crippen molar-refractivity contribution >= 4 is 11.6 Å². The third-order valence-electron chi connectivity index (χ3n) is 3.59. The Morgan fingerprint density at radius 2 is 1.64 bits per heavy atom. The third kappa shape index (κ3) is 1.28. The van der Waals surface area contributed by atoms with Crippen molar-refractivity contribution in [2.75, 3.05) is 0 Å². The number of hydrogen-bond donors (Lipinski definition) is 0. The predicted molar refractivity (Wildman–Crippen MR) is 60.0 cm³/mol. The molecule has 0 heterocycles. The zero-order chi connectivity index (χ0) is 9.54. The third-order valence-corrected chi connectivity index (χ3v) is 4.05. The molecule has 1 aromatic carbocycles. The molecule has 0 aromatic heterocycles. The molecule has 0 fully saturated rings. The zero-order valence-electron chi connectivity index (χ0n) is 8.35. The number of halogens is 1. The van der Waals surface area contributed by atoms with Gasteiger partial charge in [-0.15, -0.1) is 11.6 Å². The minimum atomic E-state index is 0.282. The first-order valence-corrected chi connectivity index (χ1v) is 6.07. The van der Waals surface area contributed by atoms with Crippen LogP contribution in [0.25, 0.3) is 0 Å². The number of alkyl halides is 1. The normalized spacial score (nSPS) is 24.5. The fourth-order valence-electron chi connectivity index (χ4n) is 2.83. The van der Waals surface area contributed by atoms with E-state index < -0.39 is 0 Å². The van der Waals surface area contributed by atoms with Gasteiger partial charge in [-0.05, 0) is 60.8 Å². The Hall–Kier alpha value is -0.490. The summed E-state index contributed by atoms with van der Waals surface area (Å²) in [5.41, 5.74) is 6.11. The first kappa shape index (κ1) is 8.79. The largest absolute Gasteiger partial charge is 0.118 e. The quantitative estimate of drug-likeness (QED) is 0.567. The lowest BCUT2D eigenvalue weighted by Gasteiger charge is -2.22. The minimum Gasteiger partial charge on any atom is -0.118 e.